The molecule has 0 unspecified atom stereocenters. The van der Waals surface area contributed by atoms with Gasteiger partial charge in [-0.15, -0.1) is 0 Å². The second kappa shape index (κ2) is 6.75. The third-order valence-corrected chi connectivity index (χ3v) is 4.25. The molecule has 0 saturated heterocycles. The second-order valence-electron chi connectivity index (χ2n) is 5.99. The average molecular weight is 361 g/mol. The third-order valence-electron chi connectivity index (χ3n) is 4.25. The maximum Gasteiger partial charge on any atom is 0.290 e. The minimum atomic E-state index is -0.616. The maximum absolute atomic E-state index is 12.4. The minimum absolute atomic E-state index is 0.0256. The van der Waals surface area contributed by atoms with Gasteiger partial charge < -0.3 is 4.98 Å². The predicted octanol–water partition coefficient (Wildman–Crippen LogP) is 1.41. The molecular formula is C19H15N5O3. The zero-order valence-electron chi connectivity index (χ0n) is 14.1. The van der Waals surface area contributed by atoms with Crippen LogP contribution in [0.15, 0.2) is 59.5 Å². The lowest BCUT2D eigenvalue weighted by Gasteiger charge is -2.08. The lowest BCUT2D eigenvalue weighted by Crippen LogP contribution is -2.43. The van der Waals surface area contributed by atoms with Crippen LogP contribution >= 0.6 is 0 Å². The molecule has 8 nitrogen and oxygen atoms in total. The van der Waals surface area contributed by atoms with E-state index in [0.29, 0.717) is 10.8 Å². The van der Waals surface area contributed by atoms with Crippen LogP contribution in [-0.4, -0.2) is 27.0 Å². The van der Waals surface area contributed by atoms with Crippen molar-refractivity contribution in [3.05, 3.63) is 76.3 Å². The Hall–Kier alpha value is -3.94. The van der Waals surface area contributed by atoms with Crippen molar-refractivity contribution in [2.75, 3.05) is 0 Å². The first kappa shape index (κ1) is 16.5. The van der Waals surface area contributed by atoms with E-state index in [1.165, 1.54) is 0 Å². The highest BCUT2D eigenvalue weighted by Gasteiger charge is 2.15. The van der Waals surface area contributed by atoms with E-state index in [0.717, 1.165) is 16.5 Å². The summed E-state index contributed by atoms with van der Waals surface area (Å²) >= 11 is 0. The number of fused-ring (bicyclic) bond motifs is 2. The first-order chi connectivity index (χ1) is 13.1. The molecule has 2 aromatic heterocycles. The summed E-state index contributed by atoms with van der Waals surface area (Å²) in [5.74, 6) is -0.989. The molecule has 2 amide bonds. The van der Waals surface area contributed by atoms with E-state index in [1.807, 2.05) is 24.3 Å². The fraction of sp³-hybridized carbons (Fsp3) is 0.0526. The van der Waals surface area contributed by atoms with E-state index in [-0.39, 0.29) is 23.6 Å². The third kappa shape index (κ3) is 3.15. The SMILES string of the molecule is O=C(Cc1c[nH]c2ccccc12)NNC(=O)c1n[nH]c(=O)c2ccccc12. The number of carbonyl (C=O) groups excluding carboxylic acids is 2. The first-order valence-electron chi connectivity index (χ1n) is 8.25. The largest absolute Gasteiger partial charge is 0.361 e. The summed E-state index contributed by atoms with van der Waals surface area (Å²) in [7, 11) is 0. The first-order valence-corrected chi connectivity index (χ1v) is 8.25. The summed E-state index contributed by atoms with van der Waals surface area (Å²) in [6, 6.07) is 14.3. The van der Waals surface area contributed by atoms with Gasteiger partial charge in [0.1, 0.15) is 0 Å². The molecule has 4 rings (SSSR count). The average Bonchev–Trinajstić information content (AvgIpc) is 3.10. The number of hydrazine groups is 1. The quantitative estimate of drug-likeness (QED) is 0.412. The molecule has 134 valence electrons. The van der Waals surface area contributed by atoms with Gasteiger partial charge in [0.05, 0.1) is 11.8 Å². The Kier molecular flexibility index (Phi) is 4.13. The van der Waals surface area contributed by atoms with Crippen molar-refractivity contribution in [3.8, 4) is 0 Å². The molecule has 4 N–H and O–H groups in total. The van der Waals surface area contributed by atoms with Gasteiger partial charge in [0.25, 0.3) is 11.5 Å². The van der Waals surface area contributed by atoms with Gasteiger partial charge in [0, 0.05) is 22.5 Å². The maximum atomic E-state index is 12.4. The van der Waals surface area contributed by atoms with Crippen LogP contribution in [-0.2, 0) is 11.2 Å². The predicted molar refractivity (Wildman–Crippen MR) is 100.0 cm³/mol. The molecule has 2 heterocycles. The Morgan fingerprint density at radius 3 is 2.44 bits per heavy atom. The van der Waals surface area contributed by atoms with E-state index in [4.69, 9.17) is 0 Å². The minimum Gasteiger partial charge on any atom is -0.361 e. The molecule has 27 heavy (non-hydrogen) atoms. The topological polar surface area (TPSA) is 120 Å². The van der Waals surface area contributed by atoms with E-state index in [2.05, 4.69) is 26.0 Å². The van der Waals surface area contributed by atoms with Gasteiger partial charge in [-0.25, -0.2) is 5.10 Å². The summed E-state index contributed by atoms with van der Waals surface area (Å²) in [6.45, 7) is 0. The number of aromatic amines is 2. The molecule has 0 aliphatic rings. The fourth-order valence-electron chi connectivity index (χ4n) is 2.97. The number of H-pyrrole nitrogens is 2. The second-order valence-corrected chi connectivity index (χ2v) is 5.99. The van der Waals surface area contributed by atoms with Crippen LogP contribution in [0.5, 0.6) is 0 Å². The molecular weight excluding hydrogens is 346 g/mol. The van der Waals surface area contributed by atoms with E-state index < -0.39 is 5.91 Å². The van der Waals surface area contributed by atoms with Crippen molar-refractivity contribution in [1.29, 1.82) is 0 Å². The normalized spacial score (nSPS) is 10.8. The molecule has 0 saturated carbocycles. The van der Waals surface area contributed by atoms with Crippen molar-refractivity contribution in [3.63, 3.8) is 0 Å². The van der Waals surface area contributed by atoms with Gasteiger partial charge in [-0.3, -0.25) is 25.2 Å². The van der Waals surface area contributed by atoms with Crippen LogP contribution in [0.3, 0.4) is 0 Å². The van der Waals surface area contributed by atoms with Gasteiger partial charge in [0.2, 0.25) is 5.91 Å². The lowest BCUT2D eigenvalue weighted by molar-refractivity contribution is -0.121. The van der Waals surface area contributed by atoms with Crippen molar-refractivity contribution in [2.24, 2.45) is 0 Å². The molecule has 0 aliphatic heterocycles. The fourth-order valence-corrected chi connectivity index (χ4v) is 2.97. The van der Waals surface area contributed by atoms with Crippen LogP contribution in [0, 0.1) is 0 Å². The van der Waals surface area contributed by atoms with Crippen molar-refractivity contribution in [2.45, 2.75) is 6.42 Å². The van der Waals surface area contributed by atoms with E-state index >= 15 is 0 Å². The van der Waals surface area contributed by atoms with Gasteiger partial charge in [-0.05, 0) is 17.7 Å². The molecule has 0 aliphatic carbocycles. The molecule has 0 atom stereocenters. The molecule has 8 heteroatoms. The molecule has 0 spiro atoms. The highest BCUT2D eigenvalue weighted by atomic mass is 16.2. The molecule has 4 aromatic rings. The van der Waals surface area contributed by atoms with Crippen LogP contribution < -0.4 is 16.4 Å². The van der Waals surface area contributed by atoms with Crippen molar-refractivity contribution < 1.29 is 9.59 Å². The number of amides is 2. The number of nitrogens with one attached hydrogen (secondary N) is 4. The number of carbonyl (C=O) groups is 2. The van der Waals surface area contributed by atoms with Crippen LogP contribution in [0.4, 0.5) is 0 Å². The zero-order valence-corrected chi connectivity index (χ0v) is 14.1. The Morgan fingerprint density at radius 1 is 0.926 bits per heavy atom. The standard InChI is InChI=1S/C19H15N5O3/c25-16(9-11-10-20-15-8-4-3-5-12(11)15)21-24-19(27)17-13-6-1-2-7-14(13)18(26)23-22-17/h1-8,10,20H,9H2,(H,21,25)(H,23,26)(H,24,27). The summed E-state index contributed by atoms with van der Waals surface area (Å²) in [6.07, 6.45) is 1.87. The van der Waals surface area contributed by atoms with Crippen molar-refractivity contribution >= 4 is 33.5 Å². The number of hydrogen-bond donors (Lipinski definition) is 4. The Labute approximate surface area is 152 Å². The van der Waals surface area contributed by atoms with E-state index in [1.54, 1.807) is 30.5 Å². The van der Waals surface area contributed by atoms with Gasteiger partial charge >= 0.3 is 0 Å². The number of aromatic nitrogens is 3. The highest BCUT2D eigenvalue weighted by Crippen LogP contribution is 2.18. The van der Waals surface area contributed by atoms with Crippen LogP contribution in [0.1, 0.15) is 16.1 Å². The summed E-state index contributed by atoms with van der Waals surface area (Å²) < 4.78 is 0. The summed E-state index contributed by atoms with van der Waals surface area (Å²) in [5, 5.41) is 7.79. The monoisotopic (exact) mass is 361 g/mol. The summed E-state index contributed by atoms with van der Waals surface area (Å²) in [5.41, 5.74) is 6.12. The molecule has 0 radical (unpaired) electrons. The molecule has 0 bridgehead atoms. The summed E-state index contributed by atoms with van der Waals surface area (Å²) in [4.78, 5) is 39.4. The Balaban J connectivity index is 1.47. The van der Waals surface area contributed by atoms with Crippen LogP contribution in [0.2, 0.25) is 0 Å². The van der Waals surface area contributed by atoms with Crippen LogP contribution in [0.25, 0.3) is 21.7 Å². The number of benzene rings is 2. The highest BCUT2D eigenvalue weighted by molar-refractivity contribution is 6.05. The number of rotatable bonds is 3. The Bertz CT molecular complexity index is 1220. The van der Waals surface area contributed by atoms with Crippen molar-refractivity contribution in [1.82, 2.24) is 26.0 Å². The lowest BCUT2D eigenvalue weighted by atomic mass is 10.1. The smallest absolute Gasteiger partial charge is 0.290 e. The molecule has 2 aromatic carbocycles. The number of hydrogen-bond acceptors (Lipinski definition) is 4. The zero-order chi connectivity index (χ0) is 18.8. The van der Waals surface area contributed by atoms with Gasteiger partial charge in [0.15, 0.2) is 5.69 Å². The number of nitrogens with zero attached hydrogens (tertiary/aromatic N) is 1. The van der Waals surface area contributed by atoms with Gasteiger partial charge in [-0.1, -0.05) is 36.4 Å². The molecule has 0 fully saturated rings. The number of para-hydroxylation sites is 1. The van der Waals surface area contributed by atoms with Gasteiger partial charge in [-0.2, -0.15) is 5.10 Å². The Morgan fingerprint density at radius 2 is 1.63 bits per heavy atom. The van der Waals surface area contributed by atoms with E-state index in [9.17, 15) is 14.4 Å².